The van der Waals surface area contributed by atoms with Crippen LogP contribution in [0.2, 0.25) is 0 Å². The van der Waals surface area contributed by atoms with Gasteiger partial charge in [0, 0.05) is 5.75 Å². The molecule has 0 fully saturated rings. The predicted molar refractivity (Wildman–Crippen MR) is 104 cm³/mol. The average molecular weight is 436 g/mol. The number of thiol groups is 1. The quantitative estimate of drug-likeness (QED) is 0.141. The summed E-state index contributed by atoms with van der Waals surface area (Å²) in [5.41, 5.74) is 5.32. The molecule has 5 atom stereocenters. The van der Waals surface area contributed by atoms with Gasteiger partial charge in [0.25, 0.3) is 0 Å². The first-order chi connectivity index (χ1) is 13.5. The van der Waals surface area contributed by atoms with Gasteiger partial charge in [-0.25, -0.2) is 4.79 Å². The van der Waals surface area contributed by atoms with Gasteiger partial charge in [-0.15, -0.1) is 0 Å². The molecule has 29 heavy (non-hydrogen) atoms. The first-order valence-electron chi connectivity index (χ1n) is 8.81. The van der Waals surface area contributed by atoms with Crippen molar-refractivity contribution < 1.29 is 39.3 Å². The van der Waals surface area contributed by atoms with Gasteiger partial charge in [0.1, 0.15) is 24.2 Å². The lowest BCUT2D eigenvalue weighted by Gasteiger charge is -2.25. The fourth-order valence-corrected chi connectivity index (χ4v) is 2.41. The van der Waals surface area contributed by atoms with E-state index in [1.54, 1.807) is 13.8 Å². The Labute approximate surface area is 173 Å². The summed E-state index contributed by atoms with van der Waals surface area (Å²) in [7, 11) is 0. The topological polar surface area (TPSA) is 208 Å². The summed E-state index contributed by atoms with van der Waals surface area (Å²) in [6.07, 6.45) is -0.325. The lowest BCUT2D eigenvalue weighted by Crippen LogP contribution is -2.58. The molecule has 0 saturated heterocycles. The zero-order valence-electron chi connectivity index (χ0n) is 16.1. The highest BCUT2D eigenvalue weighted by atomic mass is 32.1. The lowest BCUT2D eigenvalue weighted by atomic mass is 9.99. The van der Waals surface area contributed by atoms with E-state index in [0.717, 1.165) is 0 Å². The Kier molecular flexibility index (Phi) is 11.9. The summed E-state index contributed by atoms with van der Waals surface area (Å²) in [5, 5.41) is 33.7. The van der Waals surface area contributed by atoms with Gasteiger partial charge in [-0.1, -0.05) is 20.3 Å². The fourth-order valence-electron chi connectivity index (χ4n) is 2.15. The maximum Gasteiger partial charge on any atom is 0.326 e. The number of nitrogens with one attached hydrogen (secondary N) is 3. The summed E-state index contributed by atoms with van der Waals surface area (Å²) < 4.78 is 0. The second kappa shape index (κ2) is 13.0. The number of hydrogen-bond acceptors (Lipinski definition) is 8. The predicted octanol–water partition coefficient (Wildman–Crippen LogP) is -2.70. The van der Waals surface area contributed by atoms with Crippen LogP contribution in [0.15, 0.2) is 0 Å². The molecule has 0 aromatic carbocycles. The van der Waals surface area contributed by atoms with E-state index >= 15 is 0 Å². The number of carbonyl (C=O) groups excluding carboxylic acids is 3. The molecule has 0 aromatic heterocycles. The van der Waals surface area contributed by atoms with E-state index in [1.807, 2.05) is 0 Å². The maximum atomic E-state index is 12.4. The van der Waals surface area contributed by atoms with Gasteiger partial charge in [0.15, 0.2) is 0 Å². The molecule has 0 rings (SSSR count). The van der Waals surface area contributed by atoms with Gasteiger partial charge >= 0.3 is 11.9 Å². The number of amides is 3. The number of hydrogen-bond donors (Lipinski definition) is 8. The molecule has 0 aliphatic rings. The van der Waals surface area contributed by atoms with Crippen molar-refractivity contribution in [1.82, 2.24) is 16.0 Å². The third kappa shape index (κ3) is 9.11. The second-order valence-corrected chi connectivity index (χ2v) is 6.77. The maximum absolute atomic E-state index is 12.4. The number of carbonyl (C=O) groups is 5. The molecule has 0 spiro atoms. The molecular weight excluding hydrogens is 408 g/mol. The van der Waals surface area contributed by atoms with Crippen LogP contribution in [-0.2, 0) is 24.0 Å². The summed E-state index contributed by atoms with van der Waals surface area (Å²) >= 11 is 3.95. The smallest absolute Gasteiger partial charge is 0.326 e. The summed E-state index contributed by atoms with van der Waals surface area (Å²) in [6.45, 7) is 2.66. The molecule has 12 nitrogen and oxygen atoms in total. The molecule has 0 radical (unpaired) electrons. The Balaban J connectivity index is 5.26. The summed E-state index contributed by atoms with van der Waals surface area (Å²) in [4.78, 5) is 58.8. The molecule has 0 bridgehead atoms. The van der Waals surface area contributed by atoms with E-state index < -0.39 is 66.9 Å². The highest BCUT2D eigenvalue weighted by Gasteiger charge is 2.32. The number of aliphatic carboxylic acids is 2. The van der Waals surface area contributed by atoms with E-state index in [9.17, 15) is 29.1 Å². The molecule has 0 heterocycles. The van der Waals surface area contributed by atoms with Crippen LogP contribution in [0.25, 0.3) is 0 Å². The van der Waals surface area contributed by atoms with E-state index in [-0.39, 0.29) is 11.7 Å². The Morgan fingerprint density at radius 1 is 0.966 bits per heavy atom. The monoisotopic (exact) mass is 436 g/mol. The zero-order valence-corrected chi connectivity index (χ0v) is 17.0. The lowest BCUT2D eigenvalue weighted by molar-refractivity contribution is -0.144. The normalized spacial score (nSPS) is 15.9. The zero-order chi connectivity index (χ0) is 22.7. The van der Waals surface area contributed by atoms with Crippen molar-refractivity contribution in [2.75, 3.05) is 12.4 Å². The first kappa shape index (κ1) is 26.6. The number of nitrogens with two attached hydrogens (primary N) is 1. The van der Waals surface area contributed by atoms with Crippen molar-refractivity contribution in [3.05, 3.63) is 0 Å². The Morgan fingerprint density at radius 2 is 1.48 bits per heavy atom. The third-order valence-corrected chi connectivity index (χ3v) is 4.50. The molecule has 0 saturated carbocycles. The Morgan fingerprint density at radius 3 is 1.90 bits per heavy atom. The first-order valence-corrected chi connectivity index (χ1v) is 9.44. The van der Waals surface area contributed by atoms with Crippen molar-refractivity contribution in [3.8, 4) is 0 Å². The van der Waals surface area contributed by atoms with Crippen molar-refractivity contribution in [2.45, 2.75) is 50.9 Å². The van der Waals surface area contributed by atoms with Crippen molar-refractivity contribution >= 4 is 42.3 Å². The molecule has 166 valence electrons. The van der Waals surface area contributed by atoms with Crippen LogP contribution < -0.4 is 21.7 Å². The van der Waals surface area contributed by atoms with Crippen LogP contribution in [0.1, 0.15) is 26.7 Å². The molecule has 5 unspecified atom stereocenters. The van der Waals surface area contributed by atoms with E-state index in [0.29, 0.717) is 6.42 Å². The van der Waals surface area contributed by atoms with Gasteiger partial charge in [0.2, 0.25) is 17.7 Å². The van der Waals surface area contributed by atoms with E-state index in [4.69, 9.17) is 15.9 Å². The SMILES string of the molecule is CCC(C)C(NC(=O)C(CS)NC(=O)C(CC(=O)O)NC(=O)C(N)CO)C(=O)O. The van der Waals surface area contributed by atoms with Gasteiger partial charge < -0.3 is 37.0 Å². The second-order valence-electron chi connectivity index (χ2n) is 6.40. The standard InChI is InChI=1S/C16H28N4O8S/c1-3-7(2)12(16(27)28)20-15(26)10(6-29)19-14(25)9(4-11(22)23)18-13(24)8(17)5-21/h7-10,12,21,29H,3-6,17H2,1-2H3,(H,18,24)(H,19,25)(H,20,26)(H,22,23)(H,27,28). The van der Waals surface area contributed by atoms with Crippen molar-refractivity contribution in [2.24, 2.45) is 11.7 Å². The summed E-state index contributed by atoms with van der Waals surface area (Å²) in [5.74, 6) is -6.03. The van der Waals surface area contributed by atoms with Crippen molar-refractivity contribution in [1.29, 1.82) is 0 Å². The van der Waals surface area contributed by atoms with Gasteiger partial charge in [0.05, 0.1) is 13.0 Å². The van der Waals surface area contributed by atoms with Gasteiger partial charge in [-0.05, 0) is 5.92 Å². The minimum absolute atomic E-state index is 0.214. The highest BCUT2D eigenvalue weighted by Crippen LogP contribution is 2.08. The molecular formula is C16H28N4O8S. The largest absolute Gasteiger partial charge is 0.481 e. The number of carboxylic acids is 2. The number of aliphatic hydroxyl groups is 1. The van der Waals surface area contributed by atoms with Crippen LogP contribution >= 0.6 is 12.6 Å². The van der Waals surface area contributed by atoms with Crippen molar-refractivity contribution in [3.63, 3.8) is 0 Å². The Hall–Kier alpha value is -2.38. The molecule has 3 amide bonds. The van der Waals surface area contributed by atoms with Crippen LogP contribution in [-0.4, -0.2) is 81.5 Å². The number of carboxylic acid groups (broad SMARTS) is 2. The molecule has 0 aliphatic heterocycles. The van der Waals surface area contributed by atoms with E-state index in [2.05, 4.69) is 28.6 Å². The minimum Gasteiger partial charge on any atom is -0.481 e. The van der Waals surface area contributed by atoms with Crippen LogP contribution in [0.3, 0.4) is 0 Å². The third-order valence-electron chi connectivity index (χ3n) is 4.14. The Bertz CT molecular complexity index is 618. The average Bonchev–Trinajstić information content (AvgIpc) is 2.67. The van der Waals surface area contributed by atoms with Gasteiger partial charge in [-0.3, -0.25) is 19.2 Å². The molecule has 8 N–H and O–H groups in total. The summed E-state index contributed by atoms with van der Waals surface area (Å²) in [6, 6.07) is -5.41. The molecule has 13 heteroatoms. The molecule has 0 aliphatic carbocycles. The minimum atomic E-state index is -1.57. The van der Waals surface area contributed by atoms with Crippen LogP contribution in [0.5, 0.6) is 0 Å². The highest BCUT2D eigenvalue weighted by molar-refractivity contribution is 7.80. The fraction of sp³-hybridized carbons (Fsp3) is 0.688. The molecule has 0 aromatic rings. The number of rotatable bonds is 13. The van der Waals surface area contributed by atoms with Crippen LogP contribution in [0, 0.1) is 5.92 Å². The van der Waals surface area contributed by atoms with E-state index in [1.165, 1.54) is 0 Å². The van der Waals surface area contributed by atoms with Gasteiger partial charge in [-0.2, -0.15) is 12.6 Å². The number of aliphatic hydroxyl groups excluding tert-OH is 1. The van der Waals surface area contributed by atoms with Crippen LogP contribution in [0.4, 0.5) is 0 Å².